The van der Waals surface area contributed by atoms with Gasteiger partial charge < -0.3 is 5.73 Å². The molecule has 1 rings (SSSR count). The Labute approximate surface area is 71.0 Å². The number of hydrogen-bond acceptors (Lipinski definition) is 2. The molecule has 0 spiro atoms. The Balaban J connectivity index is 2.39. The average Bonchev–Trinajstić information content (AvgIpc) is 2.03. The third-order valence-corrected chi connectivity index (χ3v) is 4.06. The molecule has 11 heavy (non-hydrogen) atoms. The van der Waals surface area contributed by atoms with Crippen LogP contribution in [0.15, 0.2) is 0 Å². The molecular formula is C8H17NOS. The van der Waals surface area contributed by atoms with Gasteiger partial charge in [-0.25, -0.2) is 0 Å². The van der Waals surface area contributed by atoms with E-state index in [0.717, 1.165) is 31.4 Å². The highest BCUT2D eigenvalue weighted by Gasteiger charge is 2.22. The van der Waals surface area contributed by atoms with Crippen molar-refractivity contribution in [3.05, 3.63) is 0 Å². The van der Waals surface area contributed by atoms with E-state index < -0.39 is 10.8 Å². The molecule has 0 radical (unpaired) electrons. The molecule has 0 amide bonds. The zero-order valence-electron chi connectivity index (χ0n) is 7.08. The fourth-order valence-corrected chi connectivity index (χ4v) is 3.02. The average molecular weight is 175 g/mol. The largest absolute Gasteiger partial charge is 0.328 e. The molecule has 0 aliphatic heterocycles. The number of hydrogen-bond donors (Lipinski definition) is 1. The van der Waals surface area contributed by atoms with E-state index in [1.807, 2.05) is 6.92 Å². The van der Waals surface area contributed by atoms with Gasteiger partial charge in [0, 0.05) is 27.8 Å². The summed E-state index contributed by atoms with van der Waals surface area (Å²) in [5.74, 6) is 0.789. The van der Waals surface area contributed by atoms with Crippen LogP contribution in [-0.4, -0.2) is 21.3 Å². The fourth-order valence-electron chi connectivity index (χ4n) is 1.66. The molecule has 66 valence electrons. The minimum absolute atomic E-state index is 0.309. The van der Waals surface area contributed by atoms with Crippen molar-refractivity contribution in [2.75, 3.05) is 5.75 Å². The summed E-state index contributed by atoms with van der Waals surface area (Å²) in [6.07, 6.45) is 4.38. The summed E-state index contributed by atoms with van der Waals surface area (Å²) in [5, 5.41) is 0.392. The third kappa shape index (κ3) is 2.56. The summed E-state index contributed by atoms with van der Waals surface area (Å²) in [6, 6.07) is 0.309. The highest BCUT2D eigenvalue weighted by molar-refractivity contribution is 7.85. The zero-order valence-corrected chi connectivity index (χ0v) is 7.90. The van der Waals surface area contributed by atoms with Crippen LogP contribution in [0.3, 0.4) is 0 Å². The molecule has 2 nitrogen and oxygen atoms in total. The molecule has 0 saturated heterocycles. The quantitative estimate of drug-likeness (QED) is 0.681. The molecule has 0 aromatic carbocycles. The SMILES string of the molecule is CC[S@@](=O)[C@@H]1CCC[C@H](N)C1. The summed E-state index contributed by atoms with van der Waals surface area (Å²) >= 11 is 0. The van der Waals surface area contributed by atoms with E-state index in [2.05, 4.69) is 0 Å². The summed E-state index contributed by atoms with van der Waals surface area (Å²) in [7, 11) is -0.614. The maximum Gasteiger partial charge on any atom is 0.0362 e. The van der Waals surface area contributed by atoms with Crippen LogP contribution in [0.4, 0.5) is 0 Å². The van der Waals surface area contributed by atoms with Crippen molar-refractivity contribution in [1.82, 2.24) is 0 Å². The van der Waals surface area contributed by atoms with Crippen LogP contribution in [-0.2, 0) is 10.8 Å². The maximum absolute atomic E-state index is 11.4. The van der Waals surface area contributed by atoms with Gasteiger partial charge in [0.05, 0.1) is 0 Å². The first-order valence-electron chi connectivity index (χ1n) is 4.36. The molecule has 3 atom stereocenters. The van der Waals surface area contributed by atoms with E-state index in [1.54, 1.807) is 0 Å². The zero-order chi connectivity index (χ0) is 8.27. The van der Waals surface area contributed by atoms with Crippen molar-refractivity contribution in [1.29, 1.82) is 0 Å². The first-order chi connectivity index (χ1) is 5.24. The van der Waals surface area contributed by atoms with Crippen LogP contribution < -0.4 is 5.73 Å². The van der Waals surface area contributed by atoms with E-state index in [9.17, 15) is 4.21 Å². The molecule has 3 heteroatoms. The van der Waals surface area contributed by atoms with Gasteiger partial charge in [-0.15, -0.1) is 0 Å². The van der Waals surface area contributed by atoms with Crippen LogP contribution in [0.2, 0.25) is 0 Å². The second-order valence-electron chi connectivity index (χ2n) is 3.22. The van der Waals surface area contributed by atoms with Crippen molar-refractivity contribution in [3.63, 3.8) is 0 Å². The van der Waals surface area contributed by atoms with E-state index in [-0.39, 0.29) is 0 Å². The first-order valence-corrected chi connectivity index (χ1v) is 5.75. The summed E-state index contributed by atoms with van der Waals surface area (Å²) in [4.78, 5) is 0. The van der Waals surface area contributed by atoms with Crippen molar-refractivity contribution < 1.29 is 4.21 Å². The van der Waals surface area contributed by atoms with Gasteiger partial charge in [0.2, 0.25) is 0 Å². The van der Waals surface area contributed by atoms with Crippen molar-refractivity contribution in [2.45, 2.75) is 43.9 Å². The summed E-state index contributed by atoms with van der Waals surface area (Å²) in [5.41, 5.74) is 5.78. The molecule has 2 N–H and O–H groups in total. The molecule has 0 heterocycles. The minimum atomic E-state index is -0.614. The molecule has 1 fully saturated rings. The molecular weight excluding hydrogens is 158 g/mol. The van der Waals surface area contributed by atoms with Crippen LogP contribution >= 0.6 is 0 Å². The van der Waals surface area contributed by atoms with E-state index in [1.165, 1.54) is 0 Å². The van der Waals surface area contributed by atoms with E-state index in [4.69, 9.17) is 5.73 Å². The van der Waals surface area contributed by atoms with Gasteiger partial charge >= 0.3 is 0 Å². The Morgan fingerprint density at radius 3 is 2.82 bits per heavy atom. The van der Waals surface area contributed by atoms with Gasteiger partial charge in [-0.1, -0.05) is 13.3 Å². The second kappa shape index (κ2) is 4.21. The van der Waals surface area contributed by atoms with Crippen LogP contribution in [0.5, 0.6) is 0 Å². The first kappa shape index (κ1) is 9.20. The van der Waals surface area contributed by atoms with Gasteiger partial charge in [0.25, 0.3) is 0 Å². The summed E-state index contributed by atoms with van der Waals surface area (Å²) in [6.45, 7) is 1.98. The third-order valence-electron chi connectivity index (χ3n) is 2.32. The Morgan fingerprint density at radius 1 is 1.55 bits per heavy atom. The van der Waals surface area contributed by atoms with Gasteiger partial charge in [-0.05, 0) is 19.3 Å². The standard InChI is InChI=1S/C8H17NOS/c1-2-11(10)8-5-3-4-7(9)6-8/h7-8H,2-6,9H2,1H3/t7-,8+,11+/m0/s1. The fraction of sp³-hybridized carbons (Fsp3) is 1.00. The Kier molecular flexibility index (Phi) is 3.52. The summed E-state index contributed by atoms with van der Waals surface area (Å²) < 4.78 is 11.4. The normalized spacial score (nSPS) is 35.1. The van der Waals surface area contributed by atoms with Crippen LogP contribution in [0.1, 0.15) is 32.6 Å². The molecule has 0 aromatic rings. The van der Waals surface area contributed by atoms with Gasteiger partial charge in [0.1, 0.15) is 0 Å². The van der Waals surface area contributed by atoms with Crippen LogP contribution in [0, 0.1) is 0 Å². The van der Waals surface area contributed by atoms with Crippen molar-refractivity contribution in [3.8, 4) is 0 Å². The maximum atomic E-state index is 11.4. The van der Waals surface area contributed by atoms with E-state index >= 15 is 0 Å². The Hall–Kier alpha value is 0.110. The Bertz CT molecular complexity index is 149. The second-order valence-corrected chi connectivity index (χ2v) is 5.22. The van der Waals surface area contributed by atoms with Crippen molar-refractivity contribution in [2.24, 2.45) is 5.73 Å². The predicted octanol–water partition coefficient (Wildman–Crippen LogP) is 1.02. The van der Waals surface area contributed by atoms with Crippen LogP contribution in [0.25, 0.3) is 0 Å². The highest BCUT2D eigenvalue weighted by atomic mass is 32.2. The topological polar surface area (TPSA) is 43.1 Å². The van der Waals surface area contributed by atoms with Gasteiger partial charge in [-0.3, -0.25) is 4.21 Å². The lowest BCUT2D eigenvalue weighted by Gasteiger charge is -2.25. The lowest BCUT2D eigenvalue weighted by Crippen LogP contribution is -2.33. The predicted molar refractivity (Wildman–Crippen MR) is 48.9 cm³/mol. The van der Waals surface area contributed by atoms with Crippen molar-refractivity contribution >= 4 is 10.8 Å². The monoisotopic (exact) mass is 175 g/mol. The molecule has 0 aromatic heterocycles. The molecule has 0 unspecified atom stereocenters. The Morgan fingerprint density at radius 2 is 2.27 bits per heavy atom. The lowest BCUT2D eigenvalue weighted by atomic mass is 9.96. The highest BCUT2D eigenvalue weighted by Crippen LogP contribution is 2.21. The molecule has 1 aliphatic carbocycles. The molecule has 1 aliphatic rings. The number of rotatable bonds is 2. The van der Waals surface area contributed by atoms with Gasteiger partial charge in [-0.2, -0.15) is 0 Å². The minimum Gasteiger partial charge on any atom is -0.328 e. The molecule has 0 bridgehead atoms. The lowest BCUT2D eigenvalue weighted by molar-refractivity contribution is 0.444. The molecule has 1 saturated carbocycles. The van der Waals surface area contributed by atoms with Gasteiger partial charge in [0.15, 0.2) is 0 Å². The smallest absolute Gasteiger partial charge is 0.0362 e. The van der Waals surface area contributed by atoms with E-state index in [0.29, 0.717) is 11.3 Å². The number of nitrogens with two attached hydrogens (primary N) is 1.